The minimum absolute atomic E-state index is 0.00151. The summed E-state index contributed by atoms with van der Waals surface area (Å²) < 4.78 is 131. The molecule has 2 aliphatic carbocycles. The first-order valence-electron chi connectivity index (χ1n) is 17.5. The molecule has 2 aliphatic rings. The minimum atomic E-state index is -5.08. The summed E-state index contributed by atoms with van der Waals surface area (Å²) in [5.74, 6) is -3.75. The zero-order chi connectivity index (χ0) is 41.4. The minimum Gasteiger partial charge on any atom is -0.378 e. The summed E-state index contributed by atoms with van der Waals surface area (Å²) in [5, 5.41) is 21.1. The number of aliphatic hydroxyl groups is 1. The van der Waals surface area contributed by atoms with Crippen LogP contribution in [-0.2, 0) is 46.9 Å². The molecule has 3 atom stereocenters. The molecule has 19 heteroatoms. The predicted octanol–water partition coefficient (Wildman–Crippen LogP) is 6.32. The molecular weight excluding hydrogens is 784 g/mol. The predicted molar refractivity (Wildman–Crippen MR) is 193 cm³/mol. The average molecular weight is 818 g/mol. The largest absolute Gasteiger partial charge is 0.435 e. The second kappa shape index (κ2) is 13.9. The second-order valence-corrected chi connectivity index (χ2v) is 16.5. The zero-order valence-corrected chi connectivity index (χ0v) is 31.5. The lowest BCUT2D eigenvalue weighted by atomic mass is 9.73. The smallest absolute Gasteiger partial charge is 0.378 e. The maximum absolute atomic E-state index is 15.6. The molecule has 3 aromatic heterocycles. The summed E-state index contributed by atoms with van der Waals surface area (Å²) in [7, 11) is -2.23. The van der Waals surface area contributed by atoms with Gasteiger partial charge in [-0.2, -0.15) is 32.1 Å². The van der Waals surface area contributed by atoms with E-state index in [4.69, 9.17) is 0 Å². The van der Waals surface area contributed by atoms with Crippen LogP contribution in [0.3, 0.4) is 0 Å². The summed E-state index contributed by atoms with van der Waals surface area (Å²) in [6.07, 6.45) is -4.41. The van der Waals surface area contributed by atoms with E-state index in [0.717, 1.165) is 18.4 Å². The van der Waals surface area contributed by atoms with Crippen LogP contribution in [-0.4, -0.2) is 55.8 Å². The van der Waals surface area contributed by atoms with Crippen molar-refractivity contribution < 1.29 is 49.1 Å². The molecule has 2 aromatic carbocycles. The molecule has 0 spiro atoms. The first kappa shape index (κ1) is 39.7. The number of halogens is 7. The van der Waals surface area contributed by atoms with E-state index in [1.54, 1.807) is 31.3 Å². The van der Waals surface area contributed by atoms with Gasteiger partial charge >= 0.3 is 6.18 Å². The van der Waals surface area contributed by atoms with Gasteiger partial charge in [0.2, 0.25) is 15.9 Å². The van der Waals surface area contributed by atoms with Crippen LogP contribution >= 0.6 is 0 Å². The van der Waals surface area contributed by atoms with Crippen molar-refractivity contribution in [2.24, 2.45) is 13.0 Å². The Labute approximate surface area is 321 Å². The van der Waals surface area contributed by atoms with Crippen molar-refractivity contribution >= 4 is 32.7 Å². The highest BCUT2D eigenvalue weighted by atomic mass is 32.2. The van der Waals surface area contributed by atoms with Gasteiger partial charge in [0.05, 0.1) is 23.5 Å². The van der Waals surface area contributed by atoms with E-state index in [1.165, 1.54) is 24.6 Å². The highest BCUT2D eigenvalue weighted by molar-refractivity contribution is 7.92. The third-order valence-electron chi connectivity index (χ3n) is 9.86. The number of aryl methyl sites for hydroxylation is 1. The van der Waals surface area contributed by atoms with Gasteiger partial charge in [-0.25, -0.2) is 22.2 Å². The molecule has 300 valence electrons. The van der Waals surface area contributed by atoms with Gasteiger partial charge in [0.15, 0.2) is 11.5 Å². The lowest BCUT2D eigenvalue weighted by Crippen LogP contribution is -2.36. The fourth-order valence-corrected chi connectivity index (χ4v) is 8.08. The van der Waals surface area contributed by atoms with Crippen LogP contribution < -0.4 is 10.0 Å². The lowest BCUT2D eigenvalue weighted by molar-refractivity contribution is -0.144. The van der Waals surface area contributed by atoms with Crippen LogP contribution in [0.15, 0.2) is 48.5 Å². The Morgan fingerprint density at radius 3 is 2.37 bits per heavy atom. The number of carbonyl (C=O) groups is 1. The van der Waals surface area contributed by atoms with E-state index in [0.29, 0.717) is 27.2 Å². The summed E-state index contributed by atoms with van der Waals surface area (Å²) in [6.45, 7) is 1.77. The number of hydrogen-bond acceptors (Lipinski definition) is 7. The lowest BCUT2D eigenvalue weighted by Gasteiger charge is -2.34. The number of para-hydroxylation sites is 1. The number of fused-ring (bicyclic) bond motifs is 4. The number of aromatic nitrogens is 5. The normalized spacial score (nSPS) is 18.0. The van der Waals surface area contributed by atoms with Crippen LogP contribution in [0.4, 0.5) is 36.6 Å². The number of nitrogens with one attached hydrogen (secondary N) is 2. The van der Waals surface area contributed by atoms with E-state index in [1.807, 2.05) is 0 Å². The van der Waals surface area contributed by atoms with E-state index >= 15 is 8.78 Å². The Kier molecular flexibility index (Phi) is 9.67. The van der Waals surface area contributed by atoms with Gasteiger partial charge in [0, 0.05) is 41.1 Å². The molecule has 1 fully saturated rings. The SMILES string of the molecule is Cn1nc(NS(C)(=O)=O)c2cccc(-c3ccc(C#CC(C)(C)O)nc3C(Cc3cc(F)cc(F)c3)NC(=O)Cn3nc(C(F)(F)F)c4c3C(F)(F)C3CCC43)c21. The second-order valence-electron chi connectivity index (χ2n) is 14.8. The number of benzene rings is 2. The summed E-state index contributed by atoms with van der Waals surface area (Å²) >= 11 is 0. The maximum atomic E-state index is 15.6. The average Bonchev–Trinajstić information content (AvgIpc) is 3.63. The van der Waals surface area contributed by atoms with Crippen molar-refractivity contribution in [3.63, 3.8) is 0 Å². The van der Waals surface area contributed by atoms with E-state index < -0.39 is 86.6 Å². The van der Waals surface area contributed by atoms with Gasteiger partial charge in [-0.1, -0.05) is 18.1 Å². The Hall–Kier alpha value is -5.48. The van der Waals surface area contributed by atoms with Crippen LogP contribution in [0.1, 0.15) is 72.6 Å². The fraction of sp³-hybridized carbons (Fsp3) is 0.368. The van der Waals surface area contributed by atoms with Gasteiger partial charge in [0.25, 0.3) is 5.92 Å². The number of alkyl halides is 5. The molecule has 0 aliphatic heterocycles. The van der Waals surface area contributed by atoms with Crippen LogP contribution in [0.5, 0.6) is 0 Å². The number of carbonyl (C=O) groups excluding carboxylic acids is 1. The number of sulfonamides is 1. The molecule has 1 amide bonds. The molecule has 3 heterocycles. The monoisotopic (exact) mass is 817 g/mol. The highest BCUT2D eigenvalue weighted by Gasteiger charge is 2.63. The molecule has 7 rings (SSSR count). The van der Waals surface area contributed by atoms with Gasteiger partial charge in [-0.3, -0.25) is 18.9 Å². The number of nitrogens with zero attached hydrogens (tertiary/aromatic N) is 5. The van der Waals surface area contributed by atoms with Crippen molar-refractivity contribution in [1.29, 1.82) is 0 Å². The van der Waals surface area contributed by atoms with Gasteiger partial charge in [-0.05, 0) is 80.8 Å². The molecule has 0 radical (unpaired) electrons. The molecular formula is C38H34F7N7O4S. The molecule has 3 N–H and O–H groups in total. The standard InChI is InChI=1S/C38H34F7N7O4S/c1-36(2,54)13-12-22-8-9-23(24-6-5-7-26-32(24)51(3)49-35(26)50-57(4,55)56)31(46-22)28(16-19-14-20(39)17-21(40)15-19)47-29(53)18-52-34-30(33(48-52)38(43,44)45)25-10-11-27(25)37(34,41)42/h5-9,14-15,17,25,27-28,54H,10-11,16,18H2,1-4H3,(H,47,53)(H,49,50). The maximum Gasteiger partial charge on any atom is 0.435 e. The number of anilines is 1. The van der Waals surface area contributed by atoms with Crippen molar-refractivity contribution in [2.75, 3.05) is 11.0 Å². The van der Waals surface area contributed by atoms with Gasteiger partial charge in [0.1, 0.15) is 35.2 Å². The third kappa shape index (κ3) is 7.80. The number of rotatable bonds is 9. The molecule has 0 saturated heterocycles. The quantitative estimate of drug-likeness (QED) is 0.117. The Morgan fingerprint density at radius 1 is 1.05 bits per heavy atom. The molecule has 0 bridgehead atoms. The van der Waals surface area contributed by atoms with E-state index in [-0.39, 0.29) is 47.6 Å². The van der Waals surface area contributed by atoms with E-state index in [9.17, 15) is 40.3 Å². The summed E-state index contributed by atoms with van der Waals surface area (Å²) in [6, 6.07) is 9.14. The molecule has 11 nitrogen and oxygen atoms in total. The number of amides is 1. The fourth-order valence-electron chi connectivity index (χ4n) is 7.57. The Bertz CT molecular complexity index is 2600. The van der Waals surface area contributed by atoms with Crippen molar-refractivity contribution in [3.8, 4) is 23.0 Å². The third-order valence-corrected chi connectivity index (χ3v) is 10.4. The van der Waals surface area contributed by atoms with Gasteiger partial charge < -0.3 is 10.4 Å². The zero-order valence-electron chi connectivity index (χ0n) is 30.6. The first-order valence-corrected chi connectivity index (χ1v) is 19.4. The Morgan fingerprint density at radius 2 is 1.75 bits per heavy atom. The van der Waals surface area contributed by atoms with Crippen LogP contribution in [0.2, 0.25) is 0 Å². The molecule has 1 saturated carbocycles. The first-order chi connectivity index (χ1) is 26.5. The number of pyridine rings is 1. The molecule has 3 unspecified atom stereocenters. The molecule has 5 aromatic rings. The summed E-state index contributed by atoms with van der Waals surface area (Å²) in [4.78, 5) is 18.6. The van der Waals surface area contributed by atoms with E-state index in [2.05, 4.69) is 37.1 Å². The Balaban J connectivity index is 1.38. The highest BCUT2D eigenvalue weighted by Crippen LogP contribution is 2.64. The topological polar surface area (TPSA) is 144 Å². The molecule has 57 heavy (non-hydrogen) atoms. The van der Waals surface area contributed by atoms with Gasteiger partial charge in [-0.15, -0.1) is 0 Å². The van der Waals surface area contributed by atoms with Crippen molar-refractivity contribution in [2.45, 2.75) is 69.3 Å². The number of hydrogen-bond donors (Lipinski definition) is 3. The van der Waals surface area contributed by atoms with Crippen LogP contribution in [0.25, 0.3) is 22.0 Å². The summed E-state index contributed by atoms with van der Waals surface area (Å²) in [5.41, 5.74) is -3.45. The van der Waals surface area contributed by atoms with Crippen molar-refractivity contribution in [1.82, 2.24) is 29.9 Å². The van der Waals surface area contributed by atoms with Crippen LogP contribution in [0, 0.1) is 29.4 Å². The van der Waals surface area contributed by atoms with Crippen molar-refractivity contribution in [3.05, 3.63) is 94.1 Å².